The molecular weight excluding hydrogens is 526 g/mol. The first-order valence-corrected chi connectivity index (χ1v) is 11.8. The van der Waals surface area contributed by atoms with E-state index in [-0.39, 0.29) is 17.3 Å². The Labute approximate surface area is 232 Å². The molecule has 5 N–H and O–H groups in total. The van der Waals surface area contributed by atoms with Gasteiger partial charge in [0.2, 0.25) is 11.6 Å². The molecule has 13 heteroatoms. The highest BCUT2D eigenvalue weighted by Crippen LogP contribution is 2.17. The summed E-state index contributed by atoms with van der Waals surface area (Å²) >= 11 is 0. The second kappa shape index (κ2) is 12.6. The van der Waals surface area contributed by atoms with E-state index in [4.69, 9.17) is 5.11 Å². The minimum atomic E-state index is -1.21. The molecule has 0 radical (unpaired) electrons. The van der Waals surface area contributed by atoms with Gasteiger partial charge in [0.05, 0.1) is 22.9 Å². The molecule has 2 heterocycles. The summed E-state index contributed by atoms with van der Waals surface area (Å²) in [6.07, 6.45) is 0. The summed E-state index contributed by atoms with van der Waals surface area (Å²) in [6, 6.07) is 31.3. The van der Waals surface area contributed by atoms with Crippen LogP contribution in [0.4, 0.5) is 0 Å². The highest BCUT2D eigenvalue weighted by molar-refractivity contribution is 5.88. The van der Waals surface area contributed by atoms with Crippen LogP contribution in [0.15, 0.2) is 109 Å². The number of carboxylic acids is 2. The van der Waals surface area contributed by atoms with Gasteiger partial charge in [-0.3, -0.25) is 0 Å². The maximum Gasteiger partial charge on any atom is 0.335 e. The number of quaternary nitrogens is 1. The molecule has 6 aromatic rings. The summed E-state index contributed by atoms with van der Waals surface area (Å²) in [4.78, 5) is 24.3. The highest BCUT2D eigenvalue weighted by Gasteiger charge is 2.09. The van der Waals surface area contributed by atoms with Gasteiger partial charge in [0.15, 0.2) is 0 Å². The van der Waals surface area contributed by atoms with Gasteiger partial charge in [0.1, 0.15) is 0 Å². The van der Waals surface area contributed by atoms with Gasteiger partial charge >= 0.3 is 5.97 Å². The molecule has 204 valence electrons. The van der Waals surface area contributed by atoms with Crippen LogP contribution in [0.5, 0.6) is 0 Å². The quantitative estimate of drug-likeness (QED) is 0.311. The van der Waals surface area contributed by atoms with Crippen molar-refractivity contribution in [2.45, 2.75) is 0 Å². The number of carbonyl (C=O) groups is 2. The molecule has 0 aliphatic carbocycles. The molecule has 0 aliphatic heterocycles. The summed E-state index contributed by atoms with van der Waals surface area (Å²) in [6.45, 7) is 0. The van der Waals surface area contributed by atoms with Crippen LogP contribution in [-0.4, -0.2) is 57.5 Å². The van der Waals surface area contributed by atoms with Crippen molar-refractivity contribution >= 4 is 11.9 Å². The van der Waals surface area contributed by atoms with Crippen LogP contribution in [-0.2, 0) is 0 Å². The number of aromatic carboxylic acids is 2. The van der Waals surface area contributed by atoms with Crippen molar-refractivity contribution in [2.24, 2.45) is 0 Å². The van der Waals surface area contributed by atoms with Crippen molar-refractivity contribution in [1.82, 2.24) is 46.6 Å². The van der Waals surface area contributed by atoms with E-state index >= 15 is 0 Å². The van der Waals surface area contributed by atoms with Crippen LogP contribution in [0, 0.1) is 0 Å². The zero-order valence-corrected chi connectivity index (χ0v) is 21.6. The Morgan fingerprint density at radius 2 is 0.976 bits per heavy atom. The number of hydrogen-bond donors (Lipinski definition) is 2. The summed E-state index contributed by atoms with van der Waals surface area (Å²) in [5.41, 5.74) is 3.37. The van der Waals surface area contributed by atoms with Crippen LogP contribution in [0.1, 0.15) is 20.7 Å². The van der Waals surface area contributed by atoms with Gasteiger partial charge in [-0.05, 0) is 52.4 Å². The largest absolute Gasteiger partial charge is 0.545 e. The van der Waals surface area contributed by atoms with E-state index in [0.717, 1.165) is 16.9 Å². The Balaban J connectivity index is 0.000000184. The van der Waals surface area contributed by atoms with E-state index in [2.05, 4.69) is 30.8 Å². The first kappa shape index (κ1) is 27.9. The minimum Gasteiger partial charge on any atom is -0.545 e. The Morgan fingerprint density at radius 3 is 1.34 bits per heavy atom. The molecule has 6 rings (SSSR count). The predicted octanol–water partition coefficient (Wildman–Crippen LogP) is 3.10. The lowest BCUT2D eigenvalue weighted by molar-refractivity contribution is -0.255. The number of carbonyl (C=O) groups excluding carboxylic acids is 1. The van der Waals surface area contributed by atoms with Crippen LogP contribution in [0.3, 0.4) is 0 Å². The molecule has 0 unspecified atom stereocenters. The highest BCUT2D eigenvalue weighted by atomic mass is 16.4. The Hall–Kier alpha value is -6.08. The molecule has 0 aliphatic rings. The van der Waals surface area contributed by atoms with Gasteiger partial charge < -0.3 is 21.2 Å². The van der Waals surface area contributed by atoms with Crippen molar-refractivity contribution < 1.29 is 19.8 Å². The lowest BCUT2D eigenvalue weighted by atomic mass is 10.1. The molecule has 41 heavy (non-hydrogen) atoms. The molecule has 13 nitrogen and oxygen atoms in total. The fraction of sp³-hybridized carbons (Fsp3) is 0. The van der Waals surface area contributed by atoms with Crippen LogP contribution >= 0.6 is 0 Å². The van der Waals surface area contributed by atoms with Crippen LogP contribution < -0.4 is 11.3 Å². The Kier molecular flexibility index (Phi) is 8.62. The van der Waals surface area contributed by atoms with Crippen molar-refractivity contribution in [3.8, 4) is 34.2 Å². The zero-order valence-electron chi connectivity index (χ0n) is 21.6. The molecular formula is C28H23N9O4. The number of carboxylic acid groups (broad SMARTS) is 2. The summed E-state index contributed by atoms with van der Waals surface area (Å²) in [7, 11) is 0. The van der Waals surface area contributed by atoms with Gasteiger partial charge in [0.25, 0.3) is 0 Å². The Bertz CT molecular complexity index is 1600. The third-order valence-corrected chi connectivity index (χ3v) is 5.57. The zero-order chi connectivity index (χ0) is 27.9. The standard InChI is InChI=1S/2C14H10N4O2.H3N/c2*19-14(20)11-8-6-10(7-9-11)13-15-17-18(16-13)12-4-2-1-3-5-12;/h2*1-9H,(H,19,20);1H3. The summed E-state index contributed by atoms with van der Waals surface area (Å²) in [5.74, 6) is -1.29. The van der Waals surface area contributed by atoms with Crippen LogP contribution in [0.2, 0.25) is 0 Å². The number of para-hydroxylation sites is 2. The van der Waals surface area contributed by atoms with E-state index in [1.165, 1.54) is 33.9 Å². The predicted molar refractivity (Wildman–Crippen MR) is 146 cm³/mol. The molecule has 4 aromatic carbocycles. The summed E-state index contributed by atoms with van der Waals surface area (Å²) in [5, 5.41) is 43.9. The fourth-order valence-electron chi connectivity index (χ4n) is 3.52. The molecule has 0 bridgehead atoms. The normalized spacial score (nSPS) is 10.1. The molecule has 0 atom stereocenters. The second-order valence-electron chi connectivity index (χ2n) is 8.22. The molecule has 0 amide bonds. The van der Waals surface area contributed by atoms with Crippen molar-refractivity contribution in [3.63, 3.8) is 0 Å². The minimum absolute atomic E-state index is 0. The molecule has 0 spiro atoms. The molecule has 0 saturated heterocycles. The summed E-state index contributed by atoms with van der Waals surface area (Å²) < 4.78 is 0. The van der Waals surface area contributed by atoms with Gasteiger partial charge in [-0.1, -0.05) is 72.8 Å². The molecule has 0 fully saturated rings. The lowest BCUT2D eigenvalue weighted by Crippen LogP contribution is -2.21. The molecule has 0 saturated carbocycles. The number of tetrazole rings is 2. The van der Waals surface area contributed by atoms with E-state index < -0.39 is 11.9 Å². The third-order valence-electron chi connectivity index (χ3n) is 5.57. The number of aromatic nitrogens is 8. The number of rotatable bonds is 6. The van der Waals surface area contributed by atoms with Gasteiger partial charge in [-0.25, -0.2) is 4.79 Å². The number of hydrogen-bond acceptors (Lipinski definition) is 9. The van der Waals surface area contributed by atoms with E-state index in [9.17, 15) is 14.7 Å². The van der Waals surface area contributed by atoms with Crippen molar-refractivity contribution in [3.05, 3.63) is 120 Å². The van der Waals surface area contributed by atoms with Crippen molar-refractivity contribution in [2.75, 3.05) is 0 Å². The van der Waals surface area contributed by atoms with E-state index in [0.29, 0.717) is 17.2 Å². The average Bonchev–Trinajstić information content (AvgIpc) is 3.70. The van der Waals surface area contributed by atoms with E-state index in [1.807, 2.05) is 60.7 Å². The second-order valence-corrected chi connectivity index (χ2v) is 8.22. The Morgan fingerprint density at radius 1 is 0.585 bits per heavy atom. The van der Waals surface area contributed by atoms with Crippen LogP contribution in [0.25, 0.3) is 34.2 Å². The average molecular weight is 550 g/mol. The SMILES string of the molecule is O=C(O)c1ccc(-c2nnn(-c3ccccc3)n2)cc1.O=C([O-])c1ccc(-c2nnn(-c3ccccc3)n2)cc1.[NH4+]. The monoisotopic (exact) mass is 549 g/mol. The first-order valence-electron chi connectivity index (χ1n) is 11.8. The van der Waals surface area contributed by atoms with Crippen molar-refractivity contribution in [1.29, 1.82) is 0 Å². The van der Waals surface area contributed by atoms with Gasteiger partial charge in [0, 0.05) is 11.1 Å². The van der Waals surface area contributed by atoms with E-state index in [1.54, 1.807) is 24.3 Å². The fourth-order valence-corrected chi connectivity index (χ4v) is 3.52. The first-order chi connectivity index (χ1) is 19.5. The topological polar surface area (TPSA) is 201 Å². The van der Waals surface area contributed by atoms with Gasteiger partial charge in [-0.2, -0.15) is 0 Å². The number of benzene rings is 4. The number of nitrogens with zero attached hydrogens (tertiary/aromatic N) is 8. The molecule has 2 aromatic heterocycles. The van der Waals surface area contributed by atoms with Gasteiger partial charge in [-0.15, -0.1) is 30.0 Å². The smallest absolute Gasteiger partial charge is 0.335 e. The maximum atomic E-state index is 10.8. The lowest BCUT2D eigenvalue weighted by Gasteiger charge is -2.01. The maximum absolute atomic E-state index is 10.8. The third kappa shape index (κ3) is 6.68.